The van der Waals surface area contributed by atoms with Crippen molar-refractivity contribution in [1.82, 2.24) is 4.98 Å². The molecule has 0 saturated carbocycles. The summed E-state index contributed by atoms with van der Waals surface area (Å²) < 4.78 is 5.34. The van der Waals surface area contributed by atoms with Gasteiger partial charge in [-0.3, -0.25) is 0 Å². The summed E-state index contributed by atoms with van der Waals surface area (Å²) in [6.07, 6.45) is 1.69. The maximum atomic E-state index is 5.86. The minimum atomic E-state index is 0.537. The minimum absolute atomic E-state index is 0.537. The van der Waals surface area contributed by atoms with E-state index < -0.39 is 0 Å². The Balaban J connectivity index is 2.21. The smallest absolute Gasteiger partial charge is 0.146 e. The highest BCUT2D eigenvalue weighted by atomic mass is 16.5. The number of nitrogen functional groups attached to an aromatic ring is 1. The molecule has 2 aromatic rings. The Morgan fingerprint density at radius 1 is 1.22 bits per heavy atom. The second-order valence-corrected chi connectivity index (χ2v) is 4.08. The lowest BCUT2D eigenvalue weighted by atomic mass is 10.2. The van der Waals surface area contributed by atoms with Crippen LogP contribution in [-0.2, 0) is 6.54 Å². The number of rotatable bonds is 4. The molecule has 0 aliphatic carbocycles. The number of nitrogens with two attached hydrogens (primary N) is 1. The summed E-state index contributed by atoms with van der Waals surface area (Å²) in [6.45, 7) is 0.722. The van der Waals surface area contributed by atoms with Crippen LogP contribution in [0.25, 0.3) is 0 Å². The van der Waals surface area contributed by atoms with E-state index in [0.717, 1.165) is 23.5 Å². The molecule has 0 aliphatic heterocycles. The standard InChI is InChI=1S/C14H17N3O/c1-17(12-7-5-9-16-14(12)15)10-11-6-3-4-8-13(11)18-2/h3-9H,10H2,1-2H3,(H2,15,16). The highest BCUT2D eigenvalue weighted by Gasteiger charge is 2.09. The molecule has 1 aromatic heterocycles. The van der Waals surface area contributed by atoms with Gasteiger partial charge in [-0.25, -0.2) is 4.98 Å². The van der Waals surface area contributed by atoms with Crippen molar-refractivity contribution in [2.24, 2.45) is 0 Å². The maximum absolute atomic E-state index is 5.86. The maximum Gasteiger partial charge on any atom is 0.146 e. The SMILES string of the molecule is COc1ccccc1CN(C)c1cccnc1N. The van der Waals surface area contributed by atoms with Gasteiger partial charge in [0.1, 0.15) is 11.6 Å². The van der Waals surface area contributed by atoms with Crippen molar-refractivity contribution < 1.29 is 4.74 Å². The Morgan fingerprint density at radius 2 is 2.00 bits per heavy atom. The van der Waals surface area contributed by atoms with E-state index in [0.29, 0.717) is 5.82 Å². The first-order valence-corrected chi connectivity index (χ1v) is 5.76. The van der Waals surface area contributed by atoms with Crippen LogP contribution in [0.4, 0.5) is 11.5 Å². The van der Waals surface area contributed by atoms with E-state index in [4.69, 9.17) is 10.5 Å². The fourth-order valence-corrected chi connectivity index (χ4v) is 1.91. The zero-order valence-electron chi connectivity index (χ0n) is 10.6. The molecule has 0 atom stereocenters. The summed E-state index contributed by atoms with van der Waals surface area (Å²) in [5.41, 5.74) is 7.90. The number of hydrogen-bond acceptors (Lipinski definition) is 4. The van der Waals surface area contributed by atoms with Gasteiger partial charge in [0.25, 0.3) is 0 Å². The van der Waals surface area contributed by atoms with Crippen molar-refractivity contribution in [1.29, 1.82) is 0 Å². The number of benzene rings is 1. The van der Waals surface area contributed by atoms with Crippen LogP contribution in [0.1, 0.15) is 5.56 Å². The monoisotopic (exact) mass is 243 g/mol. The number of pyridine rings is 1. The molecule has 0 bridgehead atoms. The van der Waals surface area contributed by atoms with Crippen LogP contribution in [0, 0.1) is 0 Å². The first-order chi connectivity index (χ1) is 8.72. The lowest BCUT2D eigenvalue weighted by Crippen LogP contribution is -2.18. The van der Waals surface area contributed by atoms with Crippen LogP contribution >= 0.6 is 0 Å². The molecule has 18 heavy (non-hydrogen) atoms. The Morgan fingerprint density at radius 3 is 2.72 bits per heavy atom. The van der Waals surface area contributed by atoms with Gasteiger partial charge in [0.2, 0.25) is 0 Å². The average Bonchev–Trinajstić information content (AvgIpc) is 2.39. The van der Waals surface area contributed by atoms with E-state index in [-0.39, 0.29) is 0 Å². The molecule has 0 amide bonds. The molecule has 4 nitrogen and oxygen atoms in total. The number of para-hydroxylation sites is 1. The first-order valence-electron chi connectivity index (χ1n) is 5.76. The molecular weight excluding hydrogens is 226 g/mol. The Labute approximate surface area is 107 Å². The Bertz CT molecular complexity index is 528. The molecule has 2 rings (SSSR count). The van der Waals surface area contributed by atoms with Crippen molar-refractivity contribution >= 4 is 11.5 Å². The fourth-order valence-electron chi connectivity index (χ4n) is 1.91. The number of methoxy groups -OCH3 is 1. The summed E-state index contributed by atoms with van der Waals surface area (Å²) in [7, 11) is 3.66. The normalized spacial score (nSPS) is 10.1. The highest BCUT2D eigenvalue weighted by Crippen LogP contribution is 2.24. The van der Waals surface area contributed by atoms with Gasteiger partial charge in [-0.15, -0.1) is 0 Å². The van der Waals surface area contributed by atoms with Crippen LogP contribution in [0.3, 0.4) is 0 Å². The van der Waals surface area contributed by atoms with Gasteiger partial charge >= 0.3 is 0 Å². The Hall–Kier alpha value is -2.23. The molecule has 1 aromatic carbocycles. The zero-order valence-corrected chi connectivity index (χ0v) is 10.6. The molecule has 0 unspecified atom stereocenters. The third kappa shape index (κ3) is 2.53. The predicted octanol–water partition coefficient (Wildman–Crippen LogP) is 2.31. The highest BCUT2D eigenvalue weighted by molar-refractivity contribution is 5.62. The largest absolute Gasteiger partial charge is 0.496 e. The summed E-state index contributed by atoms with van der Waals surface area (Å²) in [5.74, 6) is 1.42. The molecule has 0 aliphatic rings. The van der Waals surface area contributed by atoms with Gasteiger partial charge in [0.15, 0.2) is 0 Å². The summed E-state index contributed by atoms with van der Waals surface area (Å²) in [6, 6.07) is 11.8. The third-order valence-corrected chi connectivity index (χ3v) is 2.83. The van der Waals surface area contributed by atoms with Crippen LogP contribution in [0.5, 0.6) is 5.75 Å². The molecule has 0 spiro atoms. The van der Waals surface area contributed by atoms with Gasteiger partial charge in [-0.1, -0.05) is 18.2 Å². The lowest BCUT2D eigenvalue weighted by molar-refractivity contribution is 0.409. The number of aromatic nitrogens is 1. The summed E-state index contributed by atoms with van der Waals surface area (Å²) in [4.78, 5) is 6.15. The van der Waals surface area contributed by atoms with Crippen molar-refractivity contribution in [3.63, 3.8) is 0 Å². The van der Waals surface area contributed by atoms with Crippen molar-refractivity contribution in [2.45, 2.75) is 6.54 Å². The summed E-state index contributed by atoms with van der Waals surface area (Å²) >= 11 is 0. The van der Waals surface area contributed by atoms with Gasteiger partial charge in [0.05, 0.1) is 12.8 Å². The molecule has 94 valence electrons. The van der Waals surface area contributed by atoms with Crippen LogP contribution < -0.4 is 15.4 Å². The quantitative estimate of drug-likeness (QED) is 0.895. The van der Waals surface area contributed by atoms with Gasteiger partial charge in [-0.2, -0.15) is 0 Å². The van der Waals surface area contributed by atoms with Crippen LogP contribution in [-0.4, -0.2) is 19.1 Å². The molecule has 0 fully saturated rings. The predicted molar refractivity (Wildman–Crippen MR) is 73.8 cm³/mol. The first kappa shape index (κ1) is 12.2. The van der Waals surface area contributed by atoms with E-state index in [1.54, 1.807) is 13.3 Å². The second-order valence-electron chi connectivity index (χ2n) is 4.08. The number of nitrogens with zero attached hydrogens (tertiary/aromatic N) is 2. The number of ether oxygens (including phenoxy) is 1. The minimum Gasteiger partial charge on any atom is -0.496 e. The number of anilines is 2. The van der Waals surface area contributed by atoms with Gasteiger partial charge < -0.3 is 15.4 Å². The molecule has 0 radical (unpaired) electrons. The second kappa shape index (κ2) is 5.40. The average molecular weight is 243 g/mol. The van der Waals surface area contributed by atoms with Crippen molar-refractivity contribution in [3.8, 4) is 5.75 Å². The van der Waals surface area contributed by atoms with Gasteiger partial charge in [-0.05, 0) is 18.2 Å². The van der Waals surface area contributed by atoms with E-state index in [9.17, 15) is 0 Å². The molecule has 2 N–H and O–H groups in total. The summed E-state index contributed by atoms with van der Waals surface area (Å²) in [5, 5.41) is 0. The fraction of sp³-hybridized carbons (Fsp3) is 0.214. The molecule has 0 saturated heterocycles. The topological polar surface area (TPSA) is 51.4 Å². The third-order valence-electron chi connectivity index (χ3n) is 2.83. The van der Waals surface area contributed by atoms with Crippen molar-refractivity contribution in [3.05, 3.63) is 48.2 Å². The van der Waals surface area contributed by atoms with E-state index >= 15 is 0 Å². The lowest BCUT2D eigenvalue weighted by Gasteiger charge is -2.21. The van der Waals surface area contributed by atoms with Gasteiger partial charge in [0, 0.05) is 25.4 Å². The zero-order chi connectivity index (χ0) is 13.0. The Kier molecular flexibility index (Phi) is 3.67. The molecule has 4 heteroatoms. The van der Waals surface area contributed by atoms with E-state index in [2.05, 4.69) is 9.88 Å². The van der Waals surface area contributed by atoms with Crippen LogP contribution in [0.15, 0.2) is 42.6 Å². The molecule has 1 heterocycles. The van der Waals surface area contributed by atoms with Crippen LogP contribution in [0.2, 0.25) is 0 Å². The van der Waals surface area contributed by atoms with E-state index in [1.807, 2.05) is 43.4 Å². The number of hydrogen-bond donors (Lipinski definition) is 1. The van der Waals surface area contributed by atoms with Crippen molar-refractivity contribution in [2.75, 3.05) is 24.8 Å². The molecular formula is C14H17N3O. The van der Waals surface area contributed by atoms with E-state index in [1.165, 1.54) is 0 Å².